The Morgan fingerprint density at radius 1 is 0.459 bits per heavy atom. The Morgan fingerprint density at radius 3 is 1.35 bits per heavy atom. The van der Waals surface area contributed by atoms with E-state index in [9.17, 15) is 43.5 Å². The van der Waals surface area contributed by atoms with E-state index in [2.05, 4.69) is 38.9 Å². The number of halogens is 3. The maximum absolute atomic E-state index is 12.1. The zero-order chi connectivity index (χ0) is 61.8. The second-order valence-electron chi connectivity index (χ2n) is 17.7. The van der Waals surface area contributed by atoms with E-state index < -0.39 is 63.6 Å². The lowest BCUT2D eigenvalue weighted by Gasteiger charge is -2.08. The molecule has 0 fully saturated rings. The minimum atomic E-state index is -3.78. The number of anilines is 4. The molecule has 0 radical (unpaired) electrons. The van der Waals surface area contributed by atoms with Gasteiger partial charge < -0.3 is 30.0 Å². The normalized spacial score (nSPS) is 11.0. The smallest absolute Gasteiger partial charge is 0.297 e. The molecule has 0 atom stereocenters. The van der Waals surface area contributed by atoms with Gasteiger partial charge in [0.25, 0.3) is 30.4 Å². The van der Waals surface area contributed by atoms with E-state index in [1.165, 1.54) is 24.3 Å². The highest BCUT2D eigenvalue weighted by Crippen LogP contribution is 2.25. The van der Waals surface area contributed by atoms with Gasteiger partial charge in [-0.3, -0.25) is 12.5 Å². The van der Waals surface area contributed by atoms with Crippen molar-refractivity contribution in [3.8, 4) is 23.1 Å². The summed E-state index contributed by atoms with van der Waals surface area (Å²) in [6.07, 6.45) is 4.01. The fourth-order valence-corrected chi connectivity index (χ4v) is 9.59. The largest absolute Gasteiger partial charge is 0.508 e. The van der Waals surface area contributed by atoms with Crippen LogP contribution in [0.3, 0.4) is 0 Å². The fraction of sp³-hybridized carbons (Fsp3) is 0.233. The molecule has 4 heterocycles. The van der Waals surface area contributed by atoms with Gasteiger partial charge >= 0.3 is 0 Å². The number of methoxy groups -OCH3 is 2. The quantitative estimate of drug-likeness (QED) is 0.0565. The minimum Gasteiger partial charge on any atom is -0.508 e. The number of nitrogens with one attached hydrogen (secondary N) is 2. The number of alkyl halides is 3. The lowest BCUT2D eigenvalue weighted by molar-refractivity contribution is 0.273. The van der Waals surface area contributed by atoms with Crippen LogP contribution < -0.4 is 24.8 Å². The van der Waals surface area contributed by atoms with E-state index in [4.69, 9.17) is 18.4 Å². The molecular formula is C60H65F3N6O13S3. The number of fused-ring (bicyclic) bond motifs is 2. The van der Waals surface area contributed by atoms with Crippen LogP contribution in [0.2, 0.25) is 0 Å². The molecular weight excluding hydrogens is 1160 g/mol. The third kappa shape index (κ3) is 22.6. The Morgan fingerprint density at radius 2 is 0.918 bits per heavy atom. The molecule has 0 aliphatic heterocycles. The van der Waals surface area contributed by atoms with Gasteiger partial charge in [0, 0.05) is 16.8 Å². The molecule has 25 heteroatoms. The predicted molar refractivity (Wildman–Crippen MR) is 320 cm³/mol. The minimum absolute atomic E-state index is 0.0524. The first-order chi connectivity index (χ1) is 40.7. The first-order valence-corrected chi connectivity index (χ1v) is 30.2. The van der Waals surface area contributed by atoms with Gasteiger partial charge in [0.05, 0.1) is 77.8 Å². The molecule has 0 saturated carbocycles. The number of hydrogen-bond acceptors (Lipinski definition) is 19. The molecule has 85 heavy (non-hydrogen) atoms. The van der Waals surface area contributed by atoms with Crippen molar-refractivity contribution in [3.05, 3.63) is 187 Å². The van der Waals surface area contributed by atoms with Crippen molar-refractivity contribution < 1.29 is 70.3 Å². The van der Waals surface area contributed by atoms with Crippen LogP contribution in [0.5, 0.6) is 23.1 Å². The summed E-state index contributed by atoms with van der Waals surface area (Å²) in [5.41, 5.74) is 5.38. The summed E-state index contributed by atoms with van der Waals surface area (Å²) in [6, 6.07) is 44.4. The Labute approximate surface area is 493 Å². The van der Waals surface area contributed by atoms with Gasteiger partial charge in [0.2, 0.25) is 5.88 Å². The van der Waals surface area contributed by atoms with E-state index >= 15 is 0 Å². The average Bonchev–Trinajstić information content (AvgIpc) is 3.71. The second kappa shape index (κ2) is 33.7. The highest BCUT2D eigenvalue weighted by molar-refractivity contribution is 7.87. The van der Waals surface area contributed by atoms with Crippen LogP contribution in [0, 0.1) is 20.8 Å². The predicted octanol–water partition coefficient (Wildman–Crippen LogP) is 12.3. The van der Waals surface area contributed by atoms with Crippen LogP contribution in [0.25, 0.3) is 21.8 Å². The van der Waals surface area contributed by atoms with E-state index in [1.807, 2.05) is 82.3 Å². The van der Waals surface area contributed by atoms with Gasteiger partial charge in [0.15, 0.2) is 0 Å². The Bertz CT molecular complexity index is 3650. The maximum Gasteiger partial charge on any atom is 0.297 e. The number of phenols is 1. The molecule has 0 unspecified atom stereocenters. The number of phenolic OH excluding ortho intramolecular Hbond substituents is 1. The molecule has 0 amide bonds. The van der Waals surface area contributed by atoms with Crippen molar-refractivity contribution >= 4 is 75.3 Å². The number of hydrogen-bond donors (Lipinski definition) is 3. The molecule has 452 valence electrons. The molecule has 5 aromatic carbocycles. The Balaban J connectivity index is 0.000000198. The highest BCUT2D eigenvalue weighted by atomic mass is 32.2. The Hall–Kier alpha value is -8.46. The third-order valence-electron chi connectivity index (χ3n) is 11.1. The van der Waals surface area contributed by atoms with Gasteiger partial charge in [-0.1, -0.05) is 60.0 Å². The summed E-state index contributed by atoms with van der Waals surface area (Å²) in [6.45, 7) is 4.75. The lowest BCUT2D eigenvalue weighted by Crippen LogP contribution is -2.08. The first-order valence-electron chi connectivity index (χ1n) is 25.9. The van der Waals surface area contributed by atoms with Crippen molar-refractivity contribution in [3.63, 3.8) is 0 Å². The van der Waals surface area contributed by atoms with E-state index in [0.717, 1.165) is 44.2 Å². The van der Waals surface area contributed by atoms with Crippen LogP contribution in [-0.4, -0.2) is 111 Å². The van der Waals surface area contributed by atoms with Crippen LogP contribution in [-0.2, 0) is 42.9 Å². The molecule has 0 spiro atoms. The Kier molecular flexibility index (Phi) is 26.7. The number of ether oxygens (including phenoxy) is 3. The number of aromatic nitrogens is 4. The van der Waals surface area contributed by atoms with E-state index in [-0.39, 0.29) is 33.6 Å². The van der Waals surface area contributed by atoms with Crippen LogP contribution in [0.15, 0.2) is 185 Å². The van der Waals surface area contributed by atoms with Crippen LogP contribution in [0.1, 0.15) is 30.0 Å². The van der Waals surface area contributed by atoms with Crippen molar-refractivity contribution in [2.45, 2.75) is 48.8 Å². The molecule has 9 rings (SSSR count). The summed E-state index contributed by atoms with van der Waals surface area (Å²) in [4.78, 5) is 17.7. The third-order valence-corrected chi connectivity index (χ3v) is 15.1. The van der Waals surface area contributed by atoms with Gasteiger partial charge in [-0.05, 0) is 142 Å². The van der Waals surface area contributed by atoms with Gasteiger partial charge in [-0.25, -0.2) is 33.1 Å². The standard InChI is InChI=1S/C17H16FN3O2.C15H13N3O2.C10H14O3S.2C9H11FO3S/c1-22-17-7-3-13(11-19-17)20-16-6-2-12-10-14(23-9-8-18)4-5-15(12)21-16;1-20-12-4-7-14(16-9-12)18-15-6-2-10-8-11(19)3-5-13(10)17-15;1-3-8-13-14(11,12)10-6-4-9(2)5-7-10;2*1-8-2-4-9(5-3-8)14(11,12)13-7-6-10/h2-7,10-11H,8-9H2,1H3,(H,20,21);2-9,19H,1H3,(H,16,17,18);4-7H,3,8H2,1-2H3;2*2-5H,6-7H2,1H3/i18-1;;;2*10-1. The van der Waals surface area contributed by atoms with Crippen molar-refractivity contribution in [1.82, 2.24) is 19.9 Å². The molecule has 0 bridgehead atoms. The number of benzene rings is 5. The second-order valence-corrected chi connectivity index (χ2v) is 22.6. The summed E-state index contributed by atoms with van der Waals surface area (Å²) in [5.74, 6) is 4.23. The zero-order valence-electron chi connectivity index (χ0n) is 47.3. The molecule has 9 aromatic rings. The lowest BCUT2D eigenvalue weighted by atomic mass is 10.2. The highest BCUT2D eigenvalue weighted by Gasteiger charge is 2.16. The molecule has 0 saturated heterocycles. The van der Waals surface area contributed by atoms with E-state index in [0.29, 0.717) is 41.3 Å². The maximum atomic E-state index is 12.1. The number of nitrogens with zero attached hydrogens (tertiary/aromatic N) is 4. The van der Waals surface area contributed by atoms with Crippen molar-refractivity contribution in [1.29, 1.82) is 0 Å². The first kappa shape index (κ1) is 67.3. The van der Waals surface area contributed by atoms with Crippen molar-refractivity contribution in [2.75, 3.05) is 71.3 Å². The topological polar surface area (TPSA) is 254 Å². The average molecular weight is 1230 g/mol. The molecule has 0 aliphatic carbocycles. The van der Waals surface area contributed by atoms with E-state index in [1.54, 1.807) is 105 Å². The number of aromatic hydroxyl groups is 1. The van der Waals surface area contributed by atoms with Gasteiger partial charge in [-0.15, -0.1) is 0 Å². The molecule has 4 aromatic heterocycles. The molecule has 0 aliphatic rings. The number of aryl methyl sites for hydroxylation is 3. The summed E-state index contributed by atoms with van der Waals surface area (Å²) < 4.78 is 133. The monoisotopic (exact) mass is 1230 g/mol. The van der Waals surface area contributed by atoms with Crippen LogP contribution >= 0.6 is 0 Å². The van der Waals surface area contributed by atoms with Gasteiger partial charge in [0.1, 0.15) is 61.3 Å². The van der Waals surface area contributed by atoms with Crippen molar-refractivity contribution in [2.24, 2.45) is 0 Å². The molecule has 3 N–H and O–H groups in total. The molecule has 19 nitrogen and oxygen atoms in total. The van der Waals surface area contributed by atoms with Crippen LogP contribution in [0.4, 0.5) is 36.3 Å². The zero-order valence-corrected chi connectivity index (χ0v) is 49.8. The SMILES string of the molecule is CCCOS(=O)(=O)c1ccc(C)cc1.COc1ccc(Nc2ccc3cc(O)ccc3n2)nc1.COc1ccc(Nc2ccc3cc(OCC[18F])ccc3n2)cn1.Cc1ccc(S(=O)(=O)OCC[18F])cc1.Cc1ccc(S(=O)(=O)OCC[18F])cc1. The summed E-state index contributed by atoms with van der Waals surface area (Å²) in [5, 5.41) is 17.5. The number of rotatable bonds is 21. The fourth-order valence-electron chi connectivity index (χ4n) is 6.83. The van der Waals surface area contributed by atoms with Gasteiger partial charge in [-0.2, -0.15) is 25.3 Å². The summed E-state index contributed by atoms with van der Waals surface area (Å²) in [7, 11) is -7.92. The summed E-state index contributed by atoms with van der Waals surface area (Å²) >= 11 is 0. The number of pyridine rings is 4.